The van der Waals surface area contributed by atoms with E-state index in [-0.39, 0.29) is 18.6 Å². The molecule has 0 heterocycles. The van der Waals surface area contributed by atoms with Gasteiger partial charge in [-0.15, -0.1) is 0 Å². The van der Waals surface area contributed by atoms with Crippen molar-refractivity contribution < 1.29 is 14.4 Å². The van der Waals surface area contributed by atoms with Crippen molar-refractivity contribution in [3.05, 3.63) is 70.2 Å². The molecule has 25 heavy (non-hydrogen) atoms. The van der Waals surface area contributed by atoms with Gasteiger partial charge in [-0.2, -0.15) is 0 Å². The van der Waals surface area contributed by atoms with Gasteiger partial charge >= 0.3 is 0 Å². The van der Waals surface area contributed by atoms with Crippen molar-refractivity contribution in [3.63, 3.8) is 0 Å². The first-order chi connectivity index (χ1) is 12.0. The molecule has 130 valence electrons. The highest BCUT2D eigenvalue weighted by atomic mass is 35.5. The van der Waals surface area contributed by atoms with E-state index < -0.39 is 11.8 Å². The summed E-state index contributed by atoms with van der Waals surface area (Å²) in [6.45, 7) is 2.04. The third-order valence-electron chi connectivity index (χ3n) is 3.69. The Balaban J connectivity index is 1.77. The van der Waals surface area contributed by atoms with Gasteiger partial charge in [0, 0.05) is 29.0 Å². The van der Waals surface area contributed by atoms with E-state index in [0.29, 0.717) is 16.1 Å². The normalized spacial score (nSPS) is 10.2. The molecule has 2 aromatic carbocycles. The number of aryl methyl sites for hydroxylation is 1. The number of hydrogen-bond donors (Lipinski definition) is 2. The summed E-state index contributed by atoms with van der Waals surface area (Å²) in [5.74, 6) is -0.992. The van der Waals surface area contributed by atoms with Gasteiger partial charge in [-0.3, -0.25) is 25.2 Å². The number of benzene rings is 2. The fourth-order valence-electron chi connectivity index (χ4n) is 2.16. The van der Waals surface area contributed by atoms with Crippen LogP contribution >= 0.6 is 11.6 Å². The minimum atomic E-state index is -0.452. The molecule has 0 aliphatic heterocycles. The fourth-order valence-corrected chi connectivity index (χ4v) is 2.29. The topological polar surface area (TPSA) is 75.3 Å². The molecule has 0 spiro atoms. The van der Waals surface area contributed by atoms with E-state index in [4.69, 9.17) is 11.6 Å². The Labute approximate surface area is 151 Å². The summed E-state index contributed by atoms with van der Waals surface area (Å²) in [7, 11) is 0. The van der Waals surface area contributed by atoms with Gasteiger partial charge < -0.3 is 0 Å². The molecule has 0 aromatic heterocycles. The molecule has 5 nitrogen and oxygen atoms in total. The van der Waals surface area contributed by atoms with Crippen LogP contribution < -0.4 is 10.9 Å². The molecule has 2 rings (SSSR count). The quantitative estimate of drug-likeness (QED) is 0.614. The van der Waals surface area contributed by atoms with Crippen molar-refractivity contribution in [2.45, 2.75) is 26.2 Å². The molecule has 2 amide bonds. The van der Waals surface area contributed by atoms with Crippen molar-refractivity contribution in [3.8, 4) is 0 Å². The summed E-state index contributed by atoms with van der Waals surface area (Å²) in [4.78, 5) is 35.7. The van der Waals surface area contributed by atoms with E-state index in [1.807, 2.05) is 19.1 Å². The van der Waals surface area contributed by atoms with Gasteiger partial charge in [0.1, 0.15) is 0 Å². The Morgan fingerprint density at radius 1 is 0.840 bits per heavy atom. The van der Waals surface area contributed by atoms with Gasteiger partial charge in [0.25, 0.3) is 5.91 Å². The average Bonchev–Trinajstić information content (AvgIpc) is 2.64. The second-order valence-corrected chi connectivity index (χ2v) is 5.92. The first-order valence-electron chi connectivity index (χ1n) is 7.96. The third kappa shape index (κ3) is 5.72. The summed E-state index contributed by atoms with van der Waals surface area (Å²) < 4.78 is 0. The van der Waals surface area contributed by atoms with E-state index in [0.717, 1.165) is 12.0 Å². The van der Waals surface area contributed by atoms with E-state index in [2.05, 4.69) is 10.9 Å². The molecule has 0 atom stereocenters. The molecule has 6 heteroatoms. The maximum Gasteiger partial charge on any atom is 0.269 e. The molecule has 0 saturated carbocycles. The third-order valence-corrected chi connectivity index (χ3v) is 3.94. The highest BCUT2D eigenvalue weighted by molar-refractivity contribution is 6.30. The summed E-state index contributed by atoms with van der Waals surface area (Å²) in [5.41, 5.74) is 6.70. The number of nitrogens with one attached hydrogen (secondary N) is 2. The van der Waals surface area contributed by atoms with Crippen LogP contribution in [0.5, 0.6) is 0 Å². The van der Waals surface area contributed by atoms with Crippen LogP contribution in [0.25, 0.3) is 0 Å². The molecule has 0 unspecified atom stereocenters. The summed E-state index contributed by atoms with van der Waals surface area (Å²) in [6, 6.07) is 13.6. The molecule has 0 fully saturated rings. The largest absolute Gasteiger partial charge is 0.294 e. The number of ketones is 1. The van der Waals surface area contributed by atoms with Gasteiger partial charge in [0.2, 0.25) is 5.91 Å². The standard InChI is InChI=1S/C19H19ClN2O3/c1-2-13-3-5-14(6-4-13)17(23)11-12-18(24)21-22-19(25)15-7-9-16(20)10-8-15/h3-10H,2,11-12H2,1H3,(H,21,24)(H,22,25). The second-order valence-electron chi connectivity index (χ2n) is 5.48. The number of hydrogen-bond acceptors (Lipinski definition) is 3. The van der Waals surface area contributed by atoms with Crippen LogP contribution in [0, 0.1) is 0 Å². The second kappa shape index (κ2) is 8.99. The Morgan fingerprint density at radius 3 is 2.04 bits per heavy atom. The number of carbonyl (C=O) groups excluding carboxylic acids is 3. The fraction of sp³-hybridized carbons (Fsp3) is 0.211. The Kier molecular flexibility index (Phi) is 6.71. The predicted octanol–water partition coefficient (Wildman–Crippen LogP) is 3.33. The van der Waals surface area contributed by atoms with Crippen molar-refractivity contribution in [1.82, 2.24) is 10.9 Å². The van der Waals surface area contributed by atoms with Crippen molar-refractivity contribution in [2.24, 2.45) is 0 Å². The van der Waals surface area contributed by atoms with E-state index in [1.165, 1.54) is 0 Å². The number of Topliss-reactive ketones (excluding diaryl/α,β-unsaturated/α-hetero) is 1. The average molecular weight is 359 g/mol. The van der Waals surface area contributed by atoms with Crippen LogP contribution in [-0.2, 0) is 11.2 Å². The zero-order chi connectivity index (χ0) is 18.2. The minimum absolute atomic E-state index is 0.00470. The molecular formula is C19H19ClN2O3. The van der Waals surface area contributed by atoms with Gasteiger partial charge in [0.05, 0.1) is 0 Å². The maximum absolute atomic E-state index is 12.1. The minimum Gasteiger partial charge on any atom is -0.294 e. The molecule has 0 saturated heterocycles. The summed E-state index contributed by atoms with van der Waals surface area (Å²) in [5, 5.41) is 0.520. The molecule has 0 aliphatic carbocycles. The van der Waals surface area contributed by atoms with Crippen molar-refractivity contribution >= 4 is 29.2 Å². The van der Waals surface area contributed by atoms with Gasteiger partial charge in [-0.25, -0.2) is 0 Å². The SMILES string of the molecule is CCc1ccc(C(=O)CCC(=O)NNC(=O)c2ccc(Cl)cc2)cc1. The monoisotopic (exact) mass is 358 g/mol. The van der Waals surface area contributed by atoms with E-state index in [9.17, 15) is 14.4 Å². The van der Waals surface area contributed by atoms with E-state index in [1.54, 1.807) is 36.4 Å². The van der Waals surface area contributed by atoms with Gasteiger partial charge in [-0.1, -0.05) is 42.8 Å². The van der Waals surface area contributed by atoms with Crippen LogP contribution in [-0.4, -0.2) is 17.6 Å². The van der Waals surface area contributed by atoms with Crippen LogP contribution in [0.15, 0.2) is 48.5 Å². The number of amides is 2. The Bertz CT molecular complexity index is 755. The lowest BCUT2D eigenvalue weighted by Crippen LogP contribution is -2.41. The highest BCUT2D eigenvalue weighted by Crippen LogP contribution is 2.10. The molecule has 2 N–H and O–H groups in total. The van der Waals surface area contributed by atoms with Gasteiger partial charge in [0.15, 0.2) is 5.78 Å². The van der Waals surface area contributed by atoms with Crippen molar-refractivity contribution in [1.29, 1.82) is 0 Å². The van der Waals surface area contributed by atoms with Crippen LogP contribution in [0.1, 0.15) is 46.0 Å². The Hall–Kier alpha value is -2.66. The zero-order valence-electron chi connectivity index (χ0n) is 13.8. The van der Waals surface area contributed by atoms with Crippen LogP contribution in [0.4, 0.5) is 0 Å². The Morgan fingerprint density at radius 2 is 1.44 bits per heavy atom. The molecular weight excluding hydrogens is 340 g/mol. The first-order valence-corrected chi connectivity index (χ1v) is 8.34. The highest BCUT2D eigenvalue weighted by Gasteiger charge is 2.11. The lowest BCUT2D eigenvalue weighted by molar-refractivity contribution is -0.121. The van der Waals surface area contributed by atoms with Crippen LogP contribution in [0.3, 0.4) is 0 Å². The summed E-state index contributed by atoms with van der Waals surface area (Å²) >= 11 is 5.75. The molecule has 0 radical (unpaired) electrons. The van der Waals surface area contributed by atoms with Crippen LogP contribution in [0.2, 0.25) is 5.02 Å². The van der Waals surface area contributed by atoms with Crippen molar-refractivity contribution in [2.75, 3.05) is 0 Å². The molecule has 0 bridgehead atoms. The molecule has 2 aromatic rings. The lowest BCUT2D eigenvalue weighted by atomic mass is 10.0. The molecule has 0 aliphatic rings. The number of carbonyl (C=O) groups is 3. The number of hydrazine groups is 1. The lowest BCUT2D eigenvalue weighted by Gasteiger charge is -2.07. The number of halogens is 1. The first kappa shape index (κ1) is 18.7. The number of rotatable bonds is 6. The van der Waals surface area contributed by atoms with Gasteiger partial charge in [-0.05, 0) is 36.2 Å². The van der Waals surface area contributed by atoms with E-state index >= 15 is 0 Å². The smallest absolute Gasteiger partial charge is 0.269 e. The predicted molar refractivity (Wildman–Crippen MR) is 96.4 cm³/mol. The summed E-state index contributed by atoms with van der Waals surface area (Å²) in [6.07, 6.45) is 0.980. The zero-order valence-corrected chi connectivity index (χ0v) is 14.6. The maximum atomic E-state index is 12.1.